The summed E-state index contributed by atoms with van der Waals surface area (Å²) in [6.07, 6.45) is 8.29. The van der Waals surface area contributed by atoms with Crippen LogP contribution in [0.5, 0.6) is 0 Å². The van der Waals surface area contributed by atoms with Crippen LogP contribution >= 0.6 is 0 Å². The number of likely N-dealkylation sites (tertiary alicyclic amines) is 2. The highest BCUT2D eigenvalue weighted by molar-refractivity contribution is 5.94. The fraction of sp³-hybridized carbons (Fsp3) is 0.684. The largest absolute Gasteiger partial charge is 0.472 e. The molecule has 0 spiro atoms. The maximum Gasteiger partial charge on any atom is 0.257 e. The third kappa shape index (κ3) is 4.63. The number of nitrogens with one attached hydrogen (secondary N) is 1. The summed E-state index contributed by atoms with van der Waals surface area (Å²) < 4.78 is 4.97. The van der Waals surface area contributed by atoms with Crippen molar-refractivity contribution in [2.45, 2.75) is 45.1 Å². The SMILES string of the molecule is C[C@@H]1CCCCN1CCNC(=O)C1CCN(C(=O)c2ccoc2)CC1. The van der Waals surface area contributed by atoms with E-state index in [0.29, 0.717) is 24.7 Å². The molecule has 2 saturated heterocycles. The van der Waals surface area contributed by atoms with Gasteiger partial charge in [-0.25, -0.2) is 0 Å². The van der Waals surface area contributed by atoms with E-state index >= 15 is 0 Å². The molecule has 2 aliphatic rings. The van der Waals surface area contributed by atoms with Gasteiger partial charge in [0.15, 0.2) is 0 Å². The molecule has 0 unspecified atom stereocenters. The van der Waals surface area contributed by atoms with Crippen LogP contribution in [0.2, 0.25) is 0 Å². The number of rotatable bonds is 5. The Morgan fingerprint density at radius 2 is 2.00 bits per heavy atom. The second kappa shape index (κ2) is 8.52. The van der Waals surface area contributed by atoms with Crippen LogP contribution in [0.3, 0.4) is 0 Å². The fourth-order valence-electron chi connectivity index (χ4n) is 3.87. The first-order valence-corrected chi connectivity index (χ1v) is 9.48. The van der Waals surface area contributed by atoms with Gasteiger partial charge in [0, 0.05) is 38.1 Å². The summed E-state index contributed by atoms with van der Waals surface area (Å²) in [5, 5.41) is 3.09. The lowest BCUT2D eigenvalue weighted by Crippen LogP contribution is -2.46. The van der Waals surface area contributed by atoms with Crippen molar-refractivity contribution in [3.8, 4) is 0 Å². The third-order valence-corrected chi connectivity index (χ3v) is 5.56. The summed E-state index contributed by atoms with van der Waals surface area (Å²) in [5.41, 5.74) is 0.582. The molecule has 1 aromatic heterocycles. The van der Waals surface area contributed by atoms with E-state index in [0.717, 1.165) is 32.5 Å². The molecule has 1 N–H and O–H groups in total. The molecule has 6 nitrogen and oxygen atoms in total. The van der Waals surface area contributed by atoms with E-state index in [2.05, 4.69) is 17.1 Å². The topological polar surface area (TPSA) is 65.8 Å². The Bertz CT molecular complexity index is 564. The lowest BCUT2D eigenvalue weighted by molar-refractivity contribution is -0.126. The van der Waals surface area contributed by atoms with Gasteiger partial charge in [0.2, 0.25) is 5.91 Å². The molecule has 3 rings (SSSR count). The summed E-state index contributed by atoms with van der Waals surface area (Å²) in [6.45, 7) is 6.33. The van der Waals surface area contributed by atoms with E-state index in [1.807, 2.05) is 4.90 Å². The second-order valence-electron chi connectivity index (χ2n) is 7.25. The molecule has 0 radical (unpaired) electrons. The monoisotopic (exact) mass is 347 g/mol. The predicted molar refractivity (Wildman–Crippen MR) is 95.2 cm³/mol. The van der Waals surface area contributed by atoms with Crippen LogP contribution in [0.4, 0.5) is 0 Å². The van der Waals surface area contributed by atoms with E-state index in [1.54, 1.807) is 6.07 Å². The highest BCUT2D eigenvalue weighted by Crippen LogP contribution is 2.20. The first kappa shape index (κ1) is 18.0. The van der Waals surface area contributed by atoms with Crippen LogP contribution in [-0.4, -0.2) is 60.4 Å². The van der Waals surface area contributed by atoms with Gasteiger partial charge in [0.1, 0.15) is 6.26 Å². The van der Waals surface area contributed by atoms with Crippen LogP contribution in [0.25, 0.3) is 0 Å². The number of carbonyl (C=O) groups excluding carboxylic acids is 2. The zero-order valence-corrected chi connectivity index (χ0v) is 15.1. The van der Waals surface area contributed by atoms with Crippen LogP contribution in [-0.2, 0) is 4.79 Å². The number of hydrogen-bond donors (Lipinski definition) is 1. The summed E-state index contributed by atoms with van der Waals surface area (Å²) in [4.78, 5) is 28.9. The molecule has 0 aliphatic carbocycles. The van der Waals surface area contributed by atoms with Crippen molar-refractivity contribution in [2.75, 3.05) is 32.7 Å². The Morgan fingerprint density at radius 3 is 2.68 bits per heavy atom. The molecule has 2 fully saturated rings. The number of nitrogens with zero attached hydrogens (tertiary/aromatic N) is 2. The van der Waals surface area contributed by atoms with Crippen LogP contribution in [0.1, 0.15) is 49.4 Å². The van der Waals surface area contributed by atoms with Crippen LogP contribution < -0.4 is 5.32 Å². The molecule has 25 heavy (non-hydrogen) atoms. The summed E-state index contributed by atoms with van der Waals surface area (Å²) in [6, 6.07) is 2.31. The van der Waals surface area contributed by atoms with E-state index in [-0.39, 0.29) is 17.7 Å². The molecule has 3 heterocycles. The van der Waals surface area contributed by atoms with Gasteiger partial charge in [-0.3, -0.25) is 14.5 Å². The molecule has 138 valence electrons. The maximum atomic E-state index is 12.4. The van der Waals surface area contributed by atoms with Crippen molar-refractivity contribution in [3.05, 3.63) is 24.2 Å². The van der Waals surface area contributed by atoms with Gasteiger partial charge >= 0.3 is 0 Å². The van der Waals surface area contributed by atoms with Gasteiger partial charge in [-0.15, -0.1) is 0 Å². The van der Waals surface area contributed by atoms with Crippen molar-refractivity contribution in [2.24, 2.45) is 5.92 Å². The van der Waals surface area contributed by atoms with Crippen molar-refractivity contribution in [3.63, 3.8) is 0 Å². The molecule has 6 heteroatoms. The average Bonchev–Trinajstić information content (AvgIpc) is 3.17. The van der Waals surface area contributed by atoms with Gasteiger partial charge in [-0.2, -0.15) is 0 Å². The molecular formula is C19H29N3O3. The maximum absolute atomic E-state index is 12.4. The molecule has 0 aromatic carbocycles. The lowest BCUT2D eigenvalue weighted by atomic mass is 9.95. The molecule has 1 atom stereocenters. The van der Waals surface area contributed by atoms with Gasteiger partial charge in [0.25, 0.3) is 5.91 Å². The standard InChI is InChI=1S/C19H29N3O3/c1-15-4-2-3-9-21(15)12-8-20-18(23)16-5-10-22(11-6-16)19(24)17-7-13-25-14-17/h7,13-16H,2-6,8-12H2,1H3,(H,20,23)/t15-/m1/s1. The van der Waals surface area contributed by atoms with Crippen molar-refractivity contribution in [1.29, 1.82) is 0 Å². The zero-order valence-electron chi connectivity index (χ0n) is 15.1. The average molecular weight is 347 g/mol. The molecular weight excluding hydrogens is 318 g/mol. The minimum atomic E-state index is -0.00769. The van der Waals surface area contributed by atoms with E-state index in [1.165, 1.54) is 31.8 Å². The van der Waals surface area contributed by atoms with Gasteiger partial charge < -0.3 is 14.6 Å². The van der Waals surface area contributed by atoms with Crippen molar-refractivity contribution in [1.82, 2.24) is 15.1 Å². The second-order valence-corrected chi connectivity index (χ2v) is 7.25. The van der Waals surface area contributed by atoms with Crippen molar-refractivity contribution >= 4 is 11.8 Å². The van der Waals surface area contributed by atoms with Crippen LogP contribution in [0.15, 0.2) is 23.0 Å². The first-order chi connectivity index (χ1) is 12.1. The Hall–Kier alpha value is -1.82. The smallest absolute Gasteiger partial charge is 0.257 e. The Morgan fingerprint density at radius 1 is 1.20 bits per heavy atom. The number of amides is 2. The molecule has 2 aliphatic heterocycles. The van der Waals surface area contributed by atoms with Crippen LogP contribution in [0, 0.1) is 5.92 Å². The summed E-state index contributed by atoms with van der Waals surface area (Å²) in [7, 11) is 0. The van der Waals surface area contributed by atoms with Gasteiger partial charge in [-0.05, 0) is 45.2 Å². The lowest BCUT2D eigenvalue weighted by Gasteiger charge is -2.34. The highest BCUT2D eigenvalue weighted by Gasteiger charge is 2.28. The molecule has 0 saturated carbocycles. The normalized spacial score (nSPS) is 22.8. The van der Waals surface area contributed by atoms with E-state index < -0.39 is 0 Å². The van der Waals surface area contributed by atoms with E-state index in [9.17, 15) is 9.59 Å². The van der Waals surface area contributed by atoms with Gasteiger partial charge in [0.05, 0.1) is 11.8 Å². The minimum absolute atomic E-state index is 0.00769. The first-order valence-electron chi connectivity index (χ1n) is 9.48. The van der Waals surface area contributed by atoms with E-state index in [4.69, 9.17) is 4.42 Å². The fourth-order valence-corrected chi connectivity index (χ4v) is 3.87. The quantitative estimate of drug-likeness (QED) is 0.886. The summed E-state index contributed by atoms with van der Waals surface area (Å²) in [5.74, 6) is 0.152. The predicted octanol–water partition coefficient (Wildman–Crippen LogP) is 2.12. The number of piperidine rings is 2. The van der Waals surface area contributed by atoms with Gasteiger partial charge in [-0.1, -0.05) is 6.42 Å². The Balaban J connectivity index is 1.37. The number of furan rings is 1. The Labute approximate surface area is 149 Å². The van der Waals surface area contributed by atoms with Crippen molar-refractivity contribution < 1.29 is 14.0 Å². The molecule has 2 amide bonds. The molecule has 1 aromatic rings. The number of hydrogen-bond acceptors (Lipinski definition) is 4. The third-order valence-electron chi connectivity index (χ3n) is 5.56. The highest BCUT2D eigenvalue weighted by atomic mass is 16.3. The zero-order chi connectivity index (χ0) is 17.6. The summed E-state index contributed by atoms with van der Waals surface area (Å²) >= 11 is 0. The Kier molecular flexibility index (Phi) is 6.13. The number of carbonyl (C=O) groups is 2. The minimum Gasteiger partial charge on any atom is -0.472 e. The molecule has 0 bridgehead atoms.